The Balaban J connectivity index is 1.63. The molecule has 0 unspecified atom stereocenters. The number of aryl methyl sites for hydroxylation is 1. The predicted octanol–water partition coefficient (Wildman–Crippen LogP) is 3.39. The second-order valence-electron chi connectivity index (χ2n) is 8.11. The van der Waals surface area contributed by atoms with Gasteiger partial charge in [0, 0.05) is 24.9 Å². The van der Waals surface area contributed by atoms with Crippen molar-refractivity contribution in [2.45, 2.75) is 6.42 Å². The normalized spacial score (nSPS) is 17.9. The molecule has 3 aromatic rings. The maximum atomic E-state index is 12.6. The maximum Gasteiger partial charge on any atom is 0.228 e. The molecule has 2 aromatic heterocycles. The number of anilines is 1. The summed E-state index contributed by atoms with van der Waals surface area (Å²) in [7, 11) is 9.35. The van der Waals surface area contributed by atoms with E-state index >= 15 is 0 Å². The van der Waals surface area contributed by atoms with Gasteiger partial charge in [0.25, 0.3) is 0 Å². The lowest BCUT2D eigenvalue weighted by molar-refractivity contribution is -0.117. The summed E-state index contributed by atoms with van der Waals surface area (Å²) in [5.41, 5.74) is 2.81. The minimum atomic E-state index is 0.0521. The summed E-state index contributed by atoms with van der Waals surface area (Å²) >= 11 is 0. The smallest absolute Gasteiger partial charge is 0.228 e. The van der Waals surface area contributed by atoms with Gasteiger partial charge < -0.3 is 24.3 Å². The van der Waals surface area contributed by atoms with Crippen molar-refractivity contribution in [1.29, 1.82) is 0 Å². The van der Waals surface area contributed by atoms with E-state index in [0.717, 1.165) is 46.6 Å². The molecule has 0 spiro atoms. The van der Waals surface area contributed by atoms with Gasteiger partial charge in [-0.05, 0) is 50.7 Å². The Kier molecular flexibility index (Phi) is 5.39. The monoisotopic (exact) mass is 408 g/mol. The minimum Gasteiger partial charge on any atom is -0.496 e. The SMILES string of the molecule is COc1cccc(OC)c1-c1cc2cc(NC(=O)[C@@H]3C[C@H]3CN(C)C)ncc2n1C. The van der Waals surface area contributed by atoms with Crippen LogP contribution < -0.4 is 14.8 Å². The summed E-state index contributed by atoms with van der Waals surface area (Å²) in [5.74, 6) is 2.62. The highest BCUT2D eigenvalue weighted by molar-refractivity contribution is 5.96. The van der Waals surface area contributed by atoms with Crippen LogP contribution in [0.5, 0.6) is 11.5 Å². The zero-order chi connectivity index (χ0) is 21.4. The average molecular weight is 409 g/mol. The summed E-state index contributed by atoms with van der Waals surface area (Å²) in [6, 6.07) is 9.72. The number of rotatable bonds is 7. The number of nitrogens with zero attached hydrogens (tertiary/aromatic N) is 3. The lowest BCUT2D eigenvalue weighted by atomic mass is 10.1. The van der Waals surface area contributed by atoms with E-state index in [9.17, 15) is 4.79 Å². The third-order valence-corrected chi connectivity index (χ3v) is 5.72. The number of nitrogens with one attached hydrogen (secondary N) is 1. The van der Waals surface area contributed by atoms with Gasteiger partial charge in [-0.1, -0.05) is 6.07 Å². The van der Waals surface area contributed by atoms with Crippen LogP contribution in [-0.2, 0) is 11.8 Å². The van der Waals surface area contributed by atoms with Gasteiger partial charge >= 0.3 is 0 Å². The van der Waals surface area contributed by atoms with Crippen molar-refractivity contribution < 1.29 is 14.3 Å². The van der Waals surface area contributed by atoms with Gasteiger partial charge in [0.05, 0.1) is 37.2 Å². The van der Waals surface area contributed by atoms with E-state index in [-0.39, 0.29) is 11.8 Å². The fourth-order valence-electron chi connectivity index (χ4n) is 4.10. The fourth-order valence-corrected chi connectivity index (χ4v) is 4.10. The second-order valence-corrected chi connectivity index (χ2v) is 8.11. The molecule has 1 aliphatic rings. The molecule has 2 atom stereocenters. The molecule has 7 nitrogen and oxygen atoms in total. The number of methoxy groups -OCH3 is 2. The van der Waals surface area contributed by atoms with Gasteiger partial charge in [-0.25, -0.2) is 4.98 Å². The van der Waals surface area contributed by atoms with Crippen molar-refractivity contribution in [3.05, 3.63) is 36.5 Å². The van der Waals surface area contributed by atoms with E-state index in [1.807, 2.05) is 45.4 Å². The molecular formula is C23H28N4O3. The summed E-state index contributed by atoms with van der Waals surface area (Å²) in [4.78, 5) is 19.2. The third kappa shape index (κ3) is 3.73. The molecule has 0 bridgehead atoms. The first-order valence-electron chi connectivity index (χ1n) is 10.0. The van der Waals surface area contributed by atoms with Crippen LogP contribution in [0.15, 0.2) is 36.5 Å². The molecule has 0 saturated heterocycles. The Bertz CT molecular complexity index is 1070. The number of carbonyl (C=O) groups excluding carboxylic acids is 1. The molecule has 7 heteroatoms. The Morgan fingerprint density at radius 1 is 1.23 bits per heavy atom. The van der Waals surface area contributed by atoms with E-state index in [1.54, 1.807) is 20.4 Å². The van der Waals surface area contributed by atoms with E-state index in [0.29, 0.717) is 11.7 Å². The lowest BCUT2D eigenvalue weighted by Crippen LogP contribution is -2.20. The van der Waals surface area contributed by atoms with Crippen LogP contribution in [0.1, 0.15) is 6.42 Å². The number of aromatic nitrogens is 2. The Hall–Kier alpha value is -3.06. The molecule has 30 heavy (non-hydrogen) atoms. The van der Waals surface area contributed by atoms with Crippen molar-refractivity contribution in [3.8, 4) is 22.8 Å². The average Bonchev–Trinajstić information content (AvgIpc) is 3.42. The van der Waals surface area contributed by atoms with E-state index in [1.165, 1.54) is 0 Å². The summed E-state index contributed by atoms with van der Waals surface area (Å²) in [6.07, 6.45) is 2.73. The molecule has 158 valence electrons. The van der Waals surface area contributed by atoms with Gasteiger partial charge in [0.2, 0.25) is 5.91 Å². The van der Waals surface area contributed by atoms with Gasteiger partial charge in [-0.2, -0.15) is 0 Å². The first-order valence-corrected chi connectivity index (χ1v) is 10.0. The number of ether oxygens (including phenoxy) is 2. The molecule has 1 saturated carbocycles. The van der Waals surface area contributed by atoms with Gasteiger partial charge in [0.15, 0.2) is 0 Å². The first-order chi connectivity index (χ1) is 14.4. The Morgan fingerprint density at radius 2 is 1.93 bits per heavy atom. The number of hydrogen-bond acceptors (Lipinski definition) is 5. The molecule has 2 heterocycles. The van der Waals surface area contributed by atoms with Gasteiger partial charge in [-0.3, -0.25) is 4.79 Å². The first kappa shape index (κ1) is 20.2. The highest BCUT2D eigenvalue weighted by atomic mass is 16.5. The van der Waals surface area contributed by atoms with Crippen LogP contribution in [0.25, 0.3) is 22.2 Å². The number of pyridine rings is 1. The van der Waals surface area contributed by atoms with Crippen molar-refractivity contribution in [2.75, 3.05) is 40.2 Å². The van der Waals surface area contributed by atoms with Crippen LogP contribution in [0, 0.1) is 11.8 Å². The number of fused-ring (bicyclic) bond motifs is 1. The van der Waals surface area contributed by atoms with Crippen molar-refractivity contribution >= 4 is 22.6 Å². The maximum absolute atomic E-state index is 12.6. The molecule has 1 fully saturated rings. The van der Waals surface area contributed by atoms with E-state index in [2.05, 4.69) is 25.8 Å². The Morgan fingerprint density at radius 3 is 2.57 bits per heavy atom. The number of benzene rings is 1. The zero-order valence-electron chi connectivity index (χ0n) is 18.1. The summed E-state index contributed by atoms with van der Waals surface area (Å²) < 4.78 is 13.2. The second kappa shape index (κ2) is 7.99. The van der Waals surface area contributed by atoms with Crippen LogP contribution in [0.4, 0.5) is 5.82 Å². The van der Waals surface area contributed by atoms with E-state index in [4.69, 9.17) is 9.47 Å². The highest BCUT2D eigenvalue weighted by Crippen LogP contribution is 2.41. The quantitative estimate of drug-likeness (QED) is 0.649. The zero-order valence-corrected chi connectivity index (χ0v) is 18.1. The standard InChI is InChI=1S/C23H28N4O3/c1-26(2)13-15-9-16(15)23(28)25-21-11-14-10-17(27(3)18(14)12-24-21)22-19(29-4)7-6-8-20(22)30-5/h6-8,10-12,15-16H,9,13H2,1-5H3,(H,24,25,28)/t15-,16+/m0/s1. The fraction of sp³-hybridized carbons (Fsp3) is 0.391. The van der Waals surface area contributed by atoms with Crippen LogP contribution >= 0.6 is 0 Å². The Labute approximate surface area is 176 Å². The molecule has 1 aliphatic carbocycles. The third-order valence-electron chi connectivity index (χ3n) is 5.72. The highest BCUT2D eigenvalue weighted by Gasteiger charge is 2.43. The largest absolute Gasteiger partial charge is 0.496 e. The molecule has 4 rings (SSSR count). The van der Waals surface area contributed by atoms with E-state index < -0.39 is 0 Å². The van der Waals surface area contributed by atoms with Crippen molar-refractivity contribution in [3.63, 3.8) is 0 Å². The van der Waals surface area contributed by atoms with Gasteiger partial charge in [-0.15, -0.1) is 0 Å². The molecule has 0 radical (unpaired) electrons. The summed E-state index contributed by atoms with van der Waals surface area (Å²) in [6.45, 7) is 0.938. The number of hydrogen-bond donors (Lipinski definition) is 1. The van der Waals surface area contributed by atoms with Crippen LogP contribution in [-0.4, -0.2) is 55.2 Å². The lowest BCUT2D eigenvalue weighted by Gasteiger charge is -2.13. The molecule has 1 N–H and O–H groups in total. The van der Waals surface area contributed by atoms with Crippen molar-refractivity contribution in [2.24, 2.45) is 18.9 Å². The van der Waals surface area contributed by atoms with Crippen LogP contribution in [0.3, 0.4) is 0 Å². The van der Waals surface area contributed by atoms with Crippen molar-refractivity contribution in [1.82, 2.24) is 14.5 Å². The number of amides is 1. The molecular weight excluding hydrogens is 380 g/mol. The molecule has 1 amide bonds. The predicted molar refractivity (Wildman–Crippen MR) is 118 cm³/mol. The summed E-state index contributed by atoms with van der Waals surface area (Å²) in [5, 5.41) is 3.98. The molecule has 1 aromatic carbocycles. The number of carbonyl (C=O) groups is 1. The topological polar surface area (TPSA) is 68.6 Å². The van der Waals surface area contributed by atoms with Crippen LogP contribution in [0.2, 0.25) is 0 Å². The minimum absolute atomic E-state index is 0.0521. The van der Waals surface area contributed by atoms with Gasteiger partial charge in [0.1, 0.15) is 17.3 Å². The molecule has 0 aliphatic heterocycles.